The maximum absolute atomic E-state index is 12.7. The number of aryl methyl sites for hydroxylation is 4. The first-order valence-electron chi connectivity index (χ1n) is 12.6. The Bertz CT molecular complexity index is 1380. The third-order valence-electron chi connectivity index (χ3n) is 7.04. The Morgan fingerprint density at radius 1 is 0.865 bits per heavy atom. The number of rotatable bonds is 9. The average Bonchev–Trinajstić information content (AvgIpc) is 3.26. The average molecular weight is 500 g/mol. The minimum absolute atomic E-state index is 0.101. The summed E-state index contributed by atoms with van der Waals surface area (Å²) in [6, 6.07) is 16.4. The maximum Gasteiger partial charge on any atom is 0.252 e. The molecular weight excluding hydrogens is 462 g/mol. The highest BCUT2D eigenvalue weighted by atomic mass is 16.3. The van der Waals surface area contributed by atoms with Gasteiger partial charge in [-0.05, 0) is 73.2 Å². The first-order chi connectivity index (χ1) is 17.7. The van der Waals surface area contributed by atoms with E-state index in [0.29, 0.717) is 12.1 Å². The number of benzene rings is 2. The van der Waals surface area contributed by atoms with E-state index < -0.39 is 0 Å². The lowest BCUT2D eigenvalue weighted by atomic mass is 10.0. The molecular formula is C30H37N5O2. The number of hydrogen-bond donors (Lipinski definition) is 2. The molecule has 4 aromatic rings. The predicted octanol–water partition coefficient (Wildman–Crippen LogP) is 4.56. The van der Waals surface area contributed by atoms with Crippen LogP contribution in [-0.4, -0.2) is 47.6 Å². The van der Waals surface area contributed by atoms with Gasteiger partial charge in [0.05, 0.1) is 12.2 Å². The van der Waals surface area contributed by atoms with Gasteiger partial charge in [-0.25, -0.2) is 4.98 Å². The number of pyridine rings is 1. The Morgan fingerprint density at radius 3 is 1.95 bits per heavy atom. The van der Waals surface area contributed by atoms with E-state index >= 15 is 0 Å². The van der Waals surface area contributed by atoms with Gasteiger partial charge in [-0.2, -0.15) is 0 Å². The Morgan fingerprint density at radius 2 is 1.41 bits per heavy atom. The summed E-state index contributed by atoms with van der Waals surface area (Å²) in [7, 11) is 4.14. The van der Waals surface area contributed by atoms with Crippen LogP contribution in [0.15, 0.2) is 54.7 Å². The normalized spacial score (nSPS) is 11.1. The summed E-state index contributed by atoms with van der Waals surface area (Å²) in [5, 5.41) is 11.9. The van der Waals surface area contributed by atoms with Gasteiger partial charge < -0.3 is 20.2 Å². The number of amides is 1. The number of nitrogens with zero attached hydrogens (tertiary/aromatic N) is 4. The molecule has 0 radical (unpaired) electrons. The maximum atomic E-state index is 12.7. The van der Waals surface area contributed by atoms with Gasteiger partial charge in [-0.15, -0.1) is 0 Å². The molecule has 0 fully saturated rings. The summed E-state index contributed by atoms with van der Waals surface area (Å²) < 4.78 is 2.00. The number of aromatic nitrogens is 2. The third-order valence-corrected chi connectivity index (χ3v) is 7.04. The van der Waals surface area contributed by atoms with Gasteiger partial charge in [0.2, 0.25) is 0 Å². The Balaban J connectivity index is 1.80. The topological polar surface area (TPSA) is 73.1 Å². The van der Waals surface area contributed by atoms with Gasteiger partial charge in [0.15, 0.2) is 11.6 Å². The van der Waals surface area contributed by atoms with Gasteiger partial charge in [0.1, 0.15) is 5.65 Å². The second-order valence-corrected chi connectivity index (χ2v) is 9.84. The number of hydrogen-bond acceptors (Lipinski definition) is 5. The zero-order chi connectivity index (χ0) is 26.7. The standard InChI is InChI=1S/C30H37N5O2/c1-20-9-7-10-21(2)25(20)18-33(5)28-30(34(6)19-26-22(3)11-8-12-23(26)4)35-17-24(13-14-27(35)32-28)29(37)31-15-16-36/h7-14,17,36H,15-16,18-19H2,1-6H3,(H,31,37). The molecule has 1 amide bonds. The van der Waals surface area contributed by atoms with Crippen molar-refractivity contribution in [2.24, 2.45) is 0 Å². The fraction of sp³-hybridized carbons (Fsp3) is 0.333. The molecule has 2 aromatic heterocycles. The van der Waals surface area contributed by atoms with Crippen LogP contribution in [0.1, 0.15) is 43.7 Å². The van der Waals surface area contributed by atoms with Crippen LogP contribution in [0.25, 0.3) is 5.65 Å². The Hall–Kier alpha value is -3.84. The van der Waals surface area contributed by atoms with Crippen molar-refractivity contribution < 1.29 is 9.90 Å². The SMILES string of the molecule is Cc1cccc(C)c1CN(C)c1nc2ccc(C(=O)NCCO)cn2c1N(C)Cc1c(C)cccc1C. The molecule has 2 aromatic carbocycles. The van der Waals surface area contributed by atoms with Crippen LogP contribution in [0, 0.1) is 27.7 Å². The number of aliphatic hydroxyl groups is 1. The van der Waals surface area contributed by atoms with Gasteiger partial charge >= 0.3 is 0 Å². The monoisotopic (exact) mass is 499 g/mol. The first kappa shape index (κ1) is 26.2. The minimum Gasteiger partial charge on any atom is -0.395 e. The van der Waals surface area contributed by atoms with Gasteiger partial charge in [0, 0.05) is 39.9 Å². The van der Waals surface area contributed by atoms with Crippen molar-refractivity contribution in [1.82, 2.24) is 14.7 Å². The molecule has 0 aliphatic carbocycles. The molecule has 7 nitrogen and oxygen atoms in total. The molecule has 0 bridgehead atoms. The molecule has 0 spiro atoms. The number of carbonyl (C=O) groups excluding carboxylic acids is 1. The van der Waals surface area contributed by atoms with E-state index in [1.807, 2.05) is 16.7 Å². The van der Waals surface area contributed by atoms with Gasteiger partial charge in [-0.1, -0.05) is 36.4 Å². The van der Waals surface area contributed by atoms with Crippen molar-refractivity contribution in [2.75, 3.05) is 37.0 Å². The van der Waals surface area contributed by atoms with E-state index in [1.54, 1.807) is 6.07 Å². The van der Waals surface area contributed by atoms with E-state index in [4.69, 9.17) is 10.1 Å². The van der Waals surface area contributed by atoms with Crippen LogP contribution >= 0.6 is 0 Å². The highest BCUT2D eigenvalue weighted by Crippen LogP contribution is 2.33. The van der Waals surface area contributed by atoms with Crippen LogP contribution in [0.3, 0.4) is 0 Å². The summed E-state index contributed by atoms with van der Waals surface area (Å²) in [6.45, 7) is 10.1. The number of imidazole rings is 1. The van der Waals surface area contributed by atoms with Crippen LogP contribution in [0.5, 0.6) is 0 Å². The third kappa shape index (κ3) is 5.47. The molecule has 0 saturated carbocycles. The second-order valence-electron chi connectivity index (χ2n) is 9.84. The molecule has 0 saturated heterocycles. The minimum atomic E-state index is -0.224. The summed E-state index contributed by atoms with van der Waals surface area (Å²) in [4.78, 5) is 22.1. The molecule has 0 atom stereocenters. The quantitative estimate of drug-likeness (QED) is 0.353. The molecule has 0 aliphatic rings. The van der Waals surface area contributed by atoms with Crippen molar-refractivity contribution in [3.05, 3.63) is 93.7 Å². The first-order valence-corrected chi connectivity index (χ1v) is 12.6. The van der Waals surface area contributed by atoms with Crippen molar-refractivity contribution in [2.45, 2.75) is 40.8 Å². The summed E-state index contributed by atoms with van der Waals surface area (Å²) in [5.74, 6) is 1.55. The van der Waals surface area contributed by atoms with Gasteiger partial charge in [-0.3, -0.25) is 9.20 Å². The molecule has 2 N–H and O–H groups in total. The van der Waals surface area contributed by atoms with Crippen LogP contribution in [0.2, 0.25) is 0 Å². The van der Waals surface area contributed by atoms with E-state index in [9.17, 15) is 4.79 Å². The summed E-state index contributed by atoms with van der Waals surface area (Å²) in [5.41, 5.74) is 8.85. The lowest BCUT2D eigenvalue weighted by Crippen LogP contribution is -2.27. The molecule has 194 valence electrons. The highest BCUT2D eigenvalue weighted by molar-refractivity contribution is 5.94. The fourth-order valence-corrected chi connectivity index (χ4v) is 4.86. The highest BCUT2D eigenvalue weighted by Gasteiger charge is 2.22. The largest absolute Gasteiger partial charge is 0.395 e. The summed E-state index contributed by atoms with van der Waals surface area (Å²) in [6.07, 6.45) is 1.84. The zero-order valence-corrected chi connectivity index (χ0v) is 22.7. The molecule has 2 heterocycles. The number of aliphatic hydroxyl groups excluding tert-OH is 1. The van der Waals surface area contributed by atoms with Crippen LogP contribution < -0.4 is 15.1 Å². The van der Waals surface area contributed by atoms with E-state index in [0.717, 1.165) is 23.8 Å². The number of anilines is 2. The van der Waals surface area contributed by atoms with E-state index in [2.05, 4.69) is 93.3 Å². The van der Waals surface area contributed by atoms with Crippen molar-refractivity contribution in [3.8, 4) is 0 Å². The summed E-state index contributed by atoms with van der Waals surface area (Å²) >= 11 is 0. The van der Waals surface area contributed by atoms with Crippen molar-refractivity contribution >= 4 is 23.2 Å². The van der Waals surface area contributed by atoms with E-state index in [1.165, 1.54) is 33.4 Å². The zero-order valence-electron chi connectivity index (χ0n) is 22.7. The molecule has 7 heteroatoms. The fourth-order valence-electron chi connectivity index (χ4n) is 4.86. The van der Waals surface area contributed by atoms with Gasteiger partial charge in [0.25, 0.3) is 5.91 Å². The van der Waals surface area contributed by atoms with Crippen molar-refractivity contribution in [3.63, 3.8) is 0 Å². The molecule has 0 unspecified atom stereocenters. The van der Waals surface area contributed by atoms with Crippen LogP contribution in [0.4, 0.5) is 11.6 Å². The molecule has 4 rings (SSSR count). The smallest absolute Gasteiger partial charge is 0.252 e. The molecule has 0 aliphatic heterocycles. The van der Waals surface area contributed by atoms with Crippen LogP contribution in [-0.2, 0) is 13.1 Å². The Kier molecular flexibility index (Phi) is 7.83. The number of carbonyl (C=O) groups is 1. The Labute approximate surface area is 219 Å². The predicted molar refractivity (Wildman–Crippen MR) is 151 cm³/mol. The van der Waals surface area contributed by atoms with Crippen molar-refractivity contribution in [1.29, 1.82) is 0 Å². The van der Waals surface area contributed by atoms with E-state index in [-0.39, 0.29) is 19.1 Å². The number of fused-ring (bicyclic) bond motifs is 1. The second kappa shape index (κ2) is 11.0. The lowest BCUT2D eigenvalue weighted by molar-refractivity contribution is 0.0944. The lowest BCUT2D eigenvalue weighted by Gasteiger charge is -2.26. The number of nitrogens with one attached hydrogen (secondary N) is 1. The molecule has 37 heavy (non-hydrogen) atoms.